The van der Waals surface area contributed by atoms with Crippen LogP contribution in [0.1, 0.15) is 78.2 Å². The van der Waals surface area contributed by atoms with Gasteiger partial charge in [-0.1, -0.05) is 135 Å². The molecule has 1 saturated heterocycles. The minimum atomic E-state index is -5.07. The zero-order valence-electron chi connectivity index (χ0n) is 71.9. The van der Waals surface area contributed by atoms with Crippen molar-refractivity contribution < 1.29 is 197 Å². The van der Waals surface area contributed by atoms with Gasteiger partial charge in [-0.15, -0.1) is 39.5 Å². The van der Waals surface area contributed by atoms with E-state index in [9.17, 15) is 159 Å². The van der Waals surface area contributed by atoms with Crippen LogP contribution < -0.4 is 51.9 Å². The zero-order valence-corrected chi connectivity index (χ0v) is 74.8. The van der Waals surface area contributed by atoms with Crippen LogP contribution in [0.3, 0.4) is 0 Å². The van der Waals surface area contributed by atoms with Crippen molar-refractivity contribution in [2.24, 2.45) is 0 Å². The number of anilines is 3. The number of fused-ring (bicyclic) bond motifs is 3. The number of ether oxygens (including phenoxy) is 8. The Labute approximate surface area is 784 Å². The monoisotopic (exact) mass is 2170 g/mol. The Morgan fingerprint density at radius 3 is 0.972 bits per heavy atom. The zero-order chi connectivity index (χ0) is 104. The summed E-state index contributed by atoms with van der Waals surface area (Å²) in [5, 5.41) is 23.1. The van der Waals surface area contributed by atoms with Gasteiger partial charge in [0.1, 0.15) is 34.5 Å². The van der Waals surface area contributed by atoms with E-state index >= 15 is 0 Å². The molecular weight excluding hydrogens is 2080 g/mol. The molecule has 0 bridgehead atoms. The van der Waals surface area contributed by atoms with Crippen molar-refractivity contribution >= 4 is 39.0 Å². The van der Waals surface area contributed by atoms with Crippen LogP contribution in [-0.4, -0.2) is 154 Å². The Kier molecular flexibility index (Phi) is 36.4. The molecule has 48 heteroatoms. The fourth-order valence-corrected chi connectivity index (χ4v) is 19.2. The number of hydrogen-bond donors (Lipinski definition) is 3. The van der Waals surface area contributed by atoms with Crippen LogP contribution in [0.4, 0.5) is 166 Å². The summed E-state index contributed by atoms with van der Waals surface area (Å²) in [5.74, 6) is -3.27. The predicted octanol–water partition coefficient (Wildman–Crippen LogP) is 28.5. The molecule has 3 N–H and O–H groups in total. The molecule has 770 valence electrons. The molecule has 6 atom stereocenters. The molecule has 1 fully saturated rings. The molecule has 4 aliphatic heterocycles. The van der Waals surface area contributed by atoms with E-state index in [-0.39, 0.29) is 90.6 Å². The van der Waals surface area contributed by atoms with E-state index in [1.54, 1.807) is 42.5 Å². The second kappa shape index (κ2) is 45.4. The van der Waals surface area contributed by atoms with E-state index in [4.69, 9.17) is 0 Å². The third-order valence-corrected chi connectivity index (χ3v) is 26.9. The number of rotatable bonds is 26. The molecule has 10 aromatic carbocycles. The van der Waals surface area contributed by atoms with Gasteiger partial charge in [0.15, 0.2) is 18.3 Å². The van der Waals surface area contributed by atoms with Crippen molar-refractivity contribution in [1.82, 2.24) is 0 Å². The number of alkyl halides is 34. The molecule has 0 aromatic heterocycles. The molecule has 0 spiro atoms. The fraction of sp³-hybridized carbons (Fsp3) is 0.355. The van der Waals surface area contributed by atoms with E-state index in [1.165, 1.54) is 146 Å². The molecular formula is C93H81F34N3O10Sn. The van der Waals surface area contributed by atoms with Crippen LogP contribution in [0, 0.1) is 0 Å². The van der Waals surface area contributed by atoms with Crippen LogP contribution in [0.5, 0.6) is 40.2 Å². The summed E-state index contributed by atoms with van der Waals surface area (Å²) in [6.07, 6.45) is -70.3. The first-order chi connectivity index (χ1) is 64.9. The summed E-state index contributed by atoms with van der Waals surface area (Å²) in [7, 11) is 0. The van der Waals surface area contributed by atoms with Crippen molar-refractivity contribution in [3.8, 4) is 73.6 Å². The van der Waals surface area contributed by atoms with Gasteiger partial charge in [-0.2, -0.15) is 92.2 Å². The first-order valence-electron chi connectivity index (χ1n) is 41.1. The number of nitrogens with zero attached hydrogens (tertiary/aromatic N) is 2. The number of halogens is 34. The Morgan fingerprint density at radius 2 is 0.652 bits per heavy atom. The Hall–Kier alpha value is -11.5. The average molecular weight is 2170 g/mol. The van der Waals surface area contributed by atoms with Crippen molar-refractivity contribution in [3.05, 3.63) is 258 Å². The minimum absolute atomic E-state index is 0. The SMILES string of the molecule is C.FC(F)(F)C1CO1.FC(F)C(F)(F)Oc1ccccc1C1CCc2c(cccc2-c2cccc(OC(F)(F)F)c2)N1.OC(CN1c2cccc(-c3cccc(OC(F)(F)F)c3)c2CCC1c1ccccc1OC(F)(F)C(F)F)C(F)(F)F.OC(CN1c2cccc(-c3cccc(OC(F)(F)F)c3)c2CCC1c1ccccc1OC(F)(F)C(F)F)C(F)(F)F.[CH3][Sn]([CH3])([CH3])[c]1ccccc1OC(F)(F)C(F)F. The van der Waals surface area contributed by atoms with Crippen LogP contribution in [-0.2, 0) is 24.0 Å². The summed E-state index contributed by atoms with van der Waals surface area (Å²) in [4.78, 5) is 8.19. The molecule has 4 aliphatic rings. The number of aliphatic hydroxyl groups excluding tert-OH is 2. The Morgan fingerprint density at radius 1 is 0.355 bits per heavy atom. The van der Waals surface area contributed by atoms with Gasteiger partial charge in [0.05, 0.1) is 37.8 Å². The van der Waals surface area contributed by atoms with Crippen LogP contribution in [0.2, 0.25) is 14.8 Å². The van der Waals surface area contributed by atoms with E-state index < -0.39 is 179 Å². The molecule has 6 unspecified atom stereocenters. The van der Waals surface area contributed by atoms with E-state index in [0.717, 1.165) is 51.8 Å². The number of epoxide rings is 1. The molecule has 4 heterocycles. The van der Waals surface area contributed by atoms with E-state index in [0.29, 0.717) is 61.1 Å². The van der Waals surface area contributed by atoms with Gasteiger partial charge in [0, 0.05) is 33.8 Å². The number of benzene rings is 10. The molecule has 141 heavy (non-hydrogen) atoms. The molecule has 10 aromatic rings. The van der Waals surface area contributed by atoms with Crippen molar-refractivity contribution in [1.29, 1.82) is 0 Å². The Balaban J connectivity index is 0.000000211. The van der Waals surface area contributed by atoms with Gasteiger partial charge in [-0.25, -0.2) is 0 Å². The Bertz CT molecular complexity index is 5570. The van der Waals surface area contributed by atoms with E-state index in [2.05, 4.69) is 43.2 Å². The van der Waals surface area contributed by atoms with Gasteiger partial charge in [-0.05, 0) is 161 Å². The molecule has 13 nitrogen and oxygen atoms in total. The molecule has 0 aliphatic carbocycles. The van der Waals surface area contributed by atoms with Gasteiger partial charge in [-0.3, -0.25) is 0 Å². The molecule has 14 rings (SSSR count). The third kappa shape index (κ3) is 31.0. The number of hydrogen-bond acceptors (Lipinski definition) is 13. The van der Waals surface area contributed by atoms with Gasteiger partial charge in [0.2, 0.25) is 0 Å². The van der Waals surface area contributed by atoms with Crippen LogP contribution in [0.25, 0.3) is 33.4 Å². The maximum absolute atomic E-state index is 13.8. The topological polar surface area (TPSA) is 136 Å². The summed E-state index contributed by atoms with van der Waals surface area (Å²) in [6, 6.07) is 48.1. The second-order valence-corrected chi connectivity index (χ2v) is 46.4. The predicted molar refractivity (Wildman–Crippen MR) is 449 cm³/mol. The fourth-order valence-electron chi connectivity index (χ4n) is 15.0. The molecule has 0 radical (unpaired) electrons. The standard InChI is InChI=1S/2C27H21F10NO3.C24H18F7NO2.C8H5F4O.C3H3F3O.CH4.3CH3.Sn/c2*28-24(29)26(33,34)41-22-10-2-1-7-19(22)21-12-11-18-17(15-5-3-6-16(13-15)40-27(35,36)37)8-4-9-20(18)38(21)14-23(39)25(30,31)32;25-22(26)23(27,28)34-21-10-2-1-7-18(21)20-12-11-17-16(8-4-9-19(17)32-20)14-5-3-6-15(13-14)33-24(29,30)31;9-7(10)8(11,12)13-6-4-2-1-3-5-6;4-3(5,6)2-1-7-2;;;;;/h2*1-10,13,21,23-24,39H,11-12,14H2;1-10,13,20,22,32H,11-12H2;1-4,7H;2H,1H2;1H4;3*1H3;. The first kappa shape index (κ1) is 113. The van der Waals surface area contributed by atoms with Crippen molar-refractivity contribution in [3.63, 3.8) is 0 Å². The van der Waals surface area contributed by atoms with Gasteiger partial charge < -0.3 is 58.5 Å². The quantitative estimate of drug-likeness (QED) is 0.0270. The van der Waals surface area contributed by atoms with E-state index in [1.807, 2.05) is 14.8 Å². The maximum atomic E-state index is 13.8. The van der Waals surface area contributed by atoms with Crippen molar-refractivity contribution in [2.75, 3.05) is 34.8 Å². The van der Waals surface area contributed by atoms with Crippen LogP contribution >= 0.6 is 0 Å². The number of para-hydroxylation sites is 4. The number of nitrogens with one attached hydrogen (secondary N) is 1. The number of β-amino-alcohol motifs (C(OH)–C–C–N with tert-alkyl or cyclic N) is 2. The summed E-state index contributed by atoms with van der Waals surface area (Å²) < 4.78 is 471. The van der Waals surface area contributed by atoms with Gasteiger partial charge in [0.25, 0.3) is 0 Å². The average Bonchev–Trinajstić information content (AvgIpc) is 1.49. The third-order valence-electron chi connectivity index (χ3n) is 21.1. The summed E-state index contributed by atoms with van der Waals surface area (Å²) >= 11 is -2.66. The first-order valence-corrected chi connectivity index (χ1v) is 51.1. The number of aliphatic hydroxyl groups is 2. The summed E-state index contributed by atoms with van der Waals surface area (Å²) in [6.45, 7) is -2.29. The second-order valence-electron chi connectivity index (χ2n) is 32.0. The summed E-state index contributed by atoms with van der Waals surface area (Å²) in [5.41, 5.74) is 4.96. The normalized spacial score (nSPS) is 16.8. The van der Waals surface area contributed by atoms with Gasteiger partial charge >= 0.3 is 177 Å². The molecule has 0 amide bonds. The molecule has 0 saturated carbocycles. The van der Waals surface area contributed by atoms with Crippen LogP contribution in [0.15, 0.2) is 224 Å². The van der Waals surface area contributed by atoms with Crippen molar-refractivity contribution in [2.45, 2.75) is 185 Å².